The Morgan fingerprint density at radius 3 is 2.60 bits per heavy atom. The number of hydrogen-bond acceptors (Lipinski definition) is 4. The fourth-order valence-electron chi connectivity index (χ4n) is 3.78. The van der Waals surface area contributed by atoms with E-state index in [0.717, 1.165) is 30.6 Å². The highest BCUT2D eigenvalue weighted by molar-refractivity contribution is 6.31. The molecule has 25 heavy (non-hydrogen) atoms. The molecule has 0 saturated carbocycles. The SMILES string of the molecule is O=C1C2CCCN2C(c2ccc([N+](=O)[O-])cc2)N1c1cccc(Cl)c1. The summed E-state index contributed by atoms with van der Waals surface area (Å²) in [6.45, 7) is 0.828. The van der Waals surface area contributed by atoms with E-state index in [9.17, 15) is 14.9 Å². The van der Waals surface area contributed by atoms with Gasteiger partial charge in [0.25, 0.3) is 5.69 Å². The average molecular weight is 358 g/mol. The van der Waals surface area contributed by atoms with Gasteiger partial charge in [-0.15, -0.1) is 0 Å². The van der Waals surface area contributed by atoms with Crippen LogP contribution in [0.4, 0.5) is 11.4 Å². The van der Waals surface area contributed by atoms with Crippen LogP contribution in [-0.4, -0.2) is 28.3 Å². The van der Waals surface area contributed by atoms with E-state index in [2.05, 4.69) is 4.90 Å². The molecule has 2 saturated heterocycles. The zero-order valence-electron chi connectivity index (χ0n) is 13.3. The van der Waals surface area contributed by atoms with Gasteiger partial charge in [-0.25, -0.2) is 0 Å². The maximum atomic E-state index is 13.0. The molecule has 2 fully saturated rings. The van der Waals surface area contributed by atoms with E-state index in [1.165, 1.54) is 12.1 Å². The maximum Gasteiger partial charge on any atom is 0.269 e. The van der Waals surface area contributed by atoms with Crippen molar-refractivity contribution in [3.63, 3.8) is 0 Å². The van der Waals surface area contributed by atoms with Crippen LogP contribution < -0.4 is 4.90 Å². The first-order valence-electron chi connectivity index (χ1n) is 8.15. The molecule has 0 N–H and O–H groups in total. The number of non-ortho nitro benzene ring substituents is 1. The van der Waals surface area contributed by atoms with Gasteiger partial charge in [0, 0.05) is 29.4 Å². The van der Waals surface area contributed by atoms with Crippen molar-refractivity contribution in [1.29, 1.82) is 0 Å². The smallest absolute Gasteiger partial charge is 0.269 e. The van der Waals surface area contributed by atoms with Crippen LogP contribution in [0.2, 0.25) is 5.02 Å². The van der Waals surface area contributed by atoms with E-state index in [1.54, 1.807) is 29.2 Å². The maximum absolute atomic E-state index is 13.0. The van der Waals surface area contributed by atoms with Crippen molar-refractivity contribution in [3.05, 3.63) is 69.2 Å². The summed E-state index contributed by atoms with van der Waals surface area (Å²) in [7, 11) is 0. The quantitative estimate of drug-likeness (QED) is 0.619. The molecule has 2 heterocycles. The molecule has 0 spiro atoms. The third-order valence-electron chi connectivity index (χ3n) is 4.86. The van der Waals surface area contributed by atoms with E-state index in [4.69, 9.17) is 11.6 Å². The van der Waals surface area contributed by atoms with Gasteiger partial charge < -0.3 is 0 Å². The van der Waals surface area contributed by atoms with Crippen LogP contribution in [0.1, 0.15) is 24.6 Å². The van der Waals surface area contributed by atoms with Gasteiger partial charge in [-0.1, -0.05) is 17.7 Å². The number of carbonyl (C=O) groups is 1. The van der Waals surface area contributed by atoms with Crippen molar-refractivity contribution in [2.45, 2.75) is 25.0 Å². The minimum absolute atomic E-state index is 0.0420. The summed E-state index contributed by atoms with van der Waals surface area (Å²) in [6.07, 6.45) is 1.54. The Morgan fingerprint density at radius 1 is 1.16 bits per heavy atom. The standard InChI is InChI=1S/C18H16ClN3O3/c19-13-3-1-4-15(11-13)21-17(20-10-2-5-16(20)18(21)23)12-6-8-14(9-7-12)22(24)25/h1,3-4,6-9,11,16-17H,2,5,10H2. The first kappa shape index (κ1) is 16.1. The minimum atomic E-state index is -0.420. The molecule has 2 aliphatic heterocycles. The third-order valence-corrected chi connectivity index (χ3v) is 5.10. The predicted octanol–water partition coefficient (Wildman–Crippen LogP) is 3.76. The minimum Gasteiger partial charge on any atom is -0.290 e. The van der Waals surface area contributed by atoms with E-state index >= 15 is 0 Å². The lowest BCUT2D eigenvalue weighted by Crippen LogP contribution is -2.32. The molecule has 0 aromatic heterocycles. The lowest BCUT2D eigenvalue weighted by molar-refractivity contribution is -0.384. The van der Waals surface area contributed by atoms with E-state index < -0.39 is 4.92 Å². The van der Waals surface area contributed by atoms with Gasteiger partial charge in [0.2, 0.25) is 5.91 Å². The summed E-state index contributed by atoms with van der Waals surface area (Å²) in [4.78, 5) is 27.4. The molecule has 6 nitrogen and oxygen atoms in total. The molecule has 2 aromatic rings. The molecule has 2 unspecified atom stereocenters. The molecule has 1 amide bonds. The van der Waals surface area contributed by atoms with Crippen molar-refractivity contribution in [1.82, 2.24) is 4.90 Å². The Kier molecular flexibility index (Phi) is 3.94. The van der Waals surface area contributed by atoms with Crippen molar-refractivity contribution in [3.8, 4) is 0 Å². The first-order chi connectivity index (χ1) is 12.1. The molecule has 4 rings (SSSR count). The lowest BCUT2D eigenvalue weighted by Gasteiger charge is -2.29. The van der Waals surface area contributed by atoms with Gasteiger partial charge in [0.05, 0.1) is 11.0 Å². The average Bonchev–Trinajstić information content (AvgIpc) is 3.17. The van der Waals surface area contributed by atoms with E-state index in [1.807, 2.05) is 12.1 Å². The normalized spacial score (nSPS) is 23.1. The van der Waals surface area contributed by atoms with Gasteiger partial charge in [-0.3, -0.25) is 24.7 Å². The van der Waals surface area contributed by atoms with Crippen LogP contribution in [0.25, 0.3) is 0 Å². The number of nitrogens with zero attached hydrogens (tertiary/aromatic N) is 3. The number of benzene rings is 2. The highest BCUT2D eigenvalue weighted by atomic mass is 35.5. The second kappa shape index (κ2) is 6.13. The Balaban J connectivity index is 1.78. The molecular formula is C18H16ClN3O3. The second-order valence-corrected chi connectivity index (χ2v) is 6.74. The number of nitro groups is 1. The van der Waals surface area contributed by atoms with Crippen LogP contribution in [0.5, 0.6) is 0 Å². The molecular weight excluding hydrogens is 342 g/mol. The molecule has 0 aliphatic carbocycles. The predicted molar refractivity (Wildman–Crippen MR) is 94.5 cm³/mol. The Labute approximate surface area is 149 Å². The molecule has 0 radical (unpaired) electrons. The van der Waals surface area contributed by atoms with Gasteiger partial charge in [0.15, 0.2) is 0 Å². The van der Waals surface area contributed by atoms with Crippen LogP contribution >= 0.6 is 11.6 Å². The molecule has 2 aromatic carbocycles. The second-order valence-electron chi connectivity index (χ2n) is 6.31. The number of hydrogen-bond donors (Lipinski definition) is 0. The largest absolute Gasteiger partial charge is 0.290 e. The number of anilines is 1. The van der Waals surface area contributed by atoms with Crippen LogP contribution in [0, 0.1) is 10.1 Å². The summed E-state index contributed by atoms with van der Waals surface area (Å²) in [5.74, 6) is 0.0584. The lowest BCUT2D eigenvalue weighted by atomic mass is 10.1. The van der Waals surface area contributed by atoms with Gasteiger partial charge >= 0.3 is 0 Å². The number of fused-ring (bicyclic) bond motifs is 1. The summed E-state index contributed by atoms with van der Waals surface area (Å²) in [5.41, 5.74) is 1.65. The van der Waals surface area contributed by atoms with Crippen LogP contribution in [0.3, 0.4) is 0 Å². The summed E-state index contributed by atoms with van der Waals surface area (Å²) < 4.78 is 0. The fraction of sp³-hybridized carbons (Fsp3) is 0.278. The number of amides is 1. The molecule has 7 heteroatoms. The number of halogens is 1. The molecule has 0 bridgehead atoms. The van der Waals surface area contributed by atoms with Crippen molar-refractivity contribution >= 4 is 28.9 Å². The van der Waals surface area contributed by atoms with Gasteiger partial charge in [-0.2, -0.15) is 0 Å². The summed E-state index contributed by atoms with van der Waals surface area (Å²) >= 11 is 6.11. The Hall–Kier alpha value is -2.44. The van der Waals surface area contributed by atoms with Crippen molar-refractivity contribution in [2.24, 2.45) is 0 Å². The van der Waals surface area contributed by atoms with Crippen molar-refractivity contribution in [2.75, 3.05) is 11.4 Å². The number of carbonyl (C=O) groups excluding carboxylic acids is 1. The number of nitro benzene ring substituents is 1. The topological polar surface area (TPSA) is 66.7 Å². The zero-order chi connectivity index (χ0) is 17.6. The fourth-order valence-corrected chi connectivity index (χ4v) is 3.96. The highest BCUT2D eigenvalue weighted by Gasteiger charge is 2.49. The third kappa shape index (κ3) is 2.67. The Bertz CT molecular complexity index is 840. The summed E-state index contributed by atoms with van der Waals surface area (Å²) in [6, 6.07) is 13.5. The highest BCUT2D eigenvalue weighted by Crippen LogP contribution is 2.43. The van der Waals surface area contributed by atoms with Crippen LogP contribution in [0.15, 0.2) is 48.5 Å². The summed E-state index contributed by atoms with van der Waals surface area (Å²) in [5, 5.41) is 11.5. The van der Waals surface area contributed by atoms with Gasteiger partial charge in [-0.05, 0) is 48.7 Å². The molecule has 2 aliphatic rings. The van der Waals surface area contributed by atoms with E-state index in [-0.39, 0.29) is 23.8 Å². The molecule has 128 valence electrons. The first-order valence-corrected chi connectivity index (χ1v) is 8.53. The van der Waals surface area contributed by atoms with E-state index in [0.29, 0.717) is 5.02 Å². The van der Waals surface area contributed by atoms with Crippen LogP contribution in [-0.2, 0) is 4.79 Å². The molecule has 2 atom stereocenters. The van der Waals surface area contributed by atoms with Crippen molar-refractivity contribution < 1.29 is 9.72 Å². The monoisotopic (exact) mass is 357 g/mol. The zero-order valence-corrected chi connectivity index (χ0v) is 14.1. The number of rotatable bonds is 3. The van der Waals surface area contributed by atoms with Gasteiger partial charge in [0.1, 0.15) is 6.17 Å². The Morgan fingerprint density at radius 2 is 1.92 bits per heavy atom.